The number of benzene rings is 1. The topological polar surface area (TPSA) is 83.9 Å². The van der Waals surface area contributed by atoms with E-state index in [1.165, 1.54) is 34.8 Å². The van der Waals surface area contributed by atoms with Gasteiger partial charge in [0, 0.05) is 24.8 Å². The summed E-state index contributed by atoms with van der Waals surface area (Å²) in [5.41, 5.74) is 0.506. The largest absolute Gasteiger partial charge is 0.323 e. The molecule has 0 radical (unpaired) electrons. The van der Waals surface area contributed by atoms with Gasteiger partial charge >= 0.3 is 0 Å². The number of aromatic nitrogens is 1. The first-order chi connectivity index (χ1) is 13.4. The number of amides is 1. The van der Waals surface area contributed by atoms with Gasteiger partial charge in [0.05, 0.1) is 7.05 Å². The average Bonchev–Trinajstić information content (AvgIpc) is 2.70. The van der Waals surface area contributed by atoms with Gasteiger partial charge < -0.3 is 5.32 Å². The molecule has 0 saturated carbocycles. The van der Waals surface area contributed by atoms with Crippen molar-refractivity contribution in [2.45, 2.75) is 24.2 Å². The minimum absolute atomic E-state index is 0.0477. The number of rotatable bonds is 6. The third-order valence-corrected chi connectivity index (χ3v) is 6.54. The lowest BCUT2D eigenvalue weighted by Crippen LogP contribution is -2.37. The van der Waals surface area contributed by atoms with Gasteiger partial charge in [-0.2, -0.15) is 4.31 Å². The standard InChI is InChI=1S/C19H23FN4O3S/c1-23(14-19(25)22-16-7-5-15(20)6-8-16)18-10-9-17(13-21-18)28(26,27)24-11-3-2-4-12-24/h5-10,13H,2-4,11-12,14H2,1H3,(H,22,25)/p+1. The molecular weight excluding hydrogens is 383 g/mol. The predicted molar refractivity (Wildman–Crippen MR) is 104 cm³/mol. The third-order valence-electron chi connectivity index (χ3n) is 4.64. The van der Waals surface area contributed by atoms with Crippen LogP contribution in [0.1, 0.15) is 19.3 Å². The van der Waals surface area contributed by atoms with Crippen molar-refractivity contribution in [1.29, 1.82) is 0 Å². The van der Waals surface area contributed by atoms with E-state index in [2.05, 4.69) is 10.3 Å². The summed E-state index contributed by atoms with van der Waals surface area (Å²) in [5, 5.41) is 2.68. The molecule has 1 aromatic heterocycles. The van der Waals surface area contributed by atoms with E-state index in [1.807, 2.05) is 0 Å². The highest BCUT2D eigenvalue weighted by atomic mass is 32.2. The Morgan fingerprint density at radius 2 is 1.82 bits per heavy atom. The van der Waals surface area contributed by atoms with E-state index in [-0.39, 0.29) is 23.2 Å². The molecule has 150 valence electrons. The van der Waals surface area contributed by atoms with Crippen molar-refractivity contribution in [2.75, 3.05) is 36.9 Å². The fraction of sp³-hybridized carbons (Fsp3) is 0.368. The van der Waals surface area contributed by atoms with E-state index in [9.17, 15) is 17.6 Å². The van der Waals surface area contributed by atoms with Crippen LogP contribution in [0, 0.1) is 5.82 Å². The summed E-state index contributed by atoms with van der Waals surface area (Å²) in [6, 6.07) is 8.70. The normalized spacial score (nSPS) is 15.2. The van der Waals surface area contributed by atoms with Crippen molar-refractivity contribution in [3.8, 4) is 0 Å². The van der Waals surface area contributed by atoms with Gasteiger partial charge in [0.2, 0.25) is 10.0 Å². The number of nitrogens with one attached hydrogen (secondary N) is 2. The van der Waals surface area contributed by atoms with Crippen molar-refractivity contribution in [3.63, 3.8) is 0 Å². The smallest absolute Gasteiger partial charge is 0.274 e. The molecule has 1 aliphatic heterocycles. The van der Waals surface area contributed by atoms with Crippen LogP contribution in [0.15, 0.2) is 47.5 Å². The number of anilines is 2. The third kappa shape index (κ3) is 4.85. The van der Waals surface area contributed by atoms with Gasteiger partial charge in [-0.1, -0.05) is 6.42 Å². The van der Waals surface area contributed by atoms with Crippen molar-refractivity contribution in [1.82, 2.24) is 4.31 Å². The molecule has 2 aromatic rings. The van der Waals surface area contributed by atoms with Gasteiger partial charge in [0.25, 0.3) is 11.7 Å². The van der Waals surface area contributed by atoms with Gasteiger partial charge in [0.15, 0.2) is 6.54 Å². The molecule has 1 aromatic carbocycles. The number of aromatic amines is 1. The number of hydrogen-bond acceptors (Lipinski definition) is 4. The van der Waals surface area contributed by atoms with Crippen molar-refractivity contribution in [3.05, 3.63) is 48.4 Å². The van der Waals surface area contributed by atoms with E-state index in [4.69, 9.17) is 0 Å². The van der Waals surface area contributed by atoms with Crippen molar-refractivity contribution >= 4 is 27.4 Å². The second-order valence-corrected chi connectivity index (χ2v) is 8.72. The maximum absolute atomic E-state index is 12.9. The highest BCUT2D eigenvalue weighted by Crippen LogP contribution is 2.20. The second kappa shape index (κ2) is 8.66. The summed E-state index contributed by atoms with van der Waals surface area (Å²) in [5.74, 6) is -0.0383. The number of piperidine rings is 1. The zero-order valence-electron chi connectivity index (χ0n) is 15.7. The quantitative estimate of drug-likeness (QED) is 0.793. The Balaban J connectivity index is 1.62. The summed E-state index contributed by atoms with van der Waals surface area (Å²) in [6.45, 7) is 1.15. The van der Waals surface area contributed by atoms with Gasteiger partial charge in [-0.15, -0.1) is 0 Å². The molecule has 3 rings (SSSR count). The zero-order valence-corrected chi connectivity index (χ0v) is 16.5. The van der Waals surface area contributed by atoms with Crippen LogP contribution in [0.5, 0.6) is 0 Å². The molecule has 2 heterocycles. The maximum Gasteiger partial charge on any atom is 0.274 e. The highest BCUT2D eigenvalue weighted by Gasteiger charge is 2.27. The molecule has 1 aliphatic rings. The number of hydrogen-bond donors (Lipinski definition) is 1. The SMILES string of the molecule is CN(CC(=O)Nc1ccc(F)cc1)c1ccc(S(=O)(=O)N2CCCCC2)c[nH+]1. The monoisotopic (exact) mass is 407 g/mol. The number of carbonyl (C=O) groups excluding carboxylic acids is 1. The Hall–Kier alpha value is -2.52. The first-order valence-corrected chi connectivity index (χ1v) is 10.6. The summed E-state index contributed by atoms with van der Waals surface area (Å²) in [7, 11) is -1.78. The first-order valence-electron chi connectivity index (χ1n) is 9.15. The summed E-state index contributed by atoms with van der Waals surface area (Å²) >= 11 is 0. The number of nitrogens with zero attached hydrogens (tertiary/aromatic N) is 2. The average molecular weight is 407 g/mol. The Morgan fingerprint density at radius 3 is 2.43 bits per heavy atom. The second-order valence-electron chi connectivity index (χ2n) is 6.79. The minimum Gasteiger partial charge on any atom is -0.323 e. The van der Waals surface area contributed by atoms with E-state index in [1.54, 1.807) is 24.1 Å². The van der Waals surface area contributed by atoms with Crippen LogP contribution < -0.4 is 15.2 Å². The lowest BCUT2D eigenvalue weighted by atomic mass is 10.2. The Bertz CT molecular complexity index is 911. The van der Waals surface area contributed by atoms with Crippen LogP contribution in [0.2, 0.25) is 0 Å². The zero-order chi connectivity index (χ0) is 20.1. The Morgan fingerprint density at radius 1 is 1.14 bits per heavy atom. The molecule has 1 fully saturated rings. The maximum atomic E-state index is 12.9. The molecule has 0 spiro atoms. The summed E-state index contributed by atoms with van der Waals surface area (Å²) in [4.78, 5) is 17.0. The molecule has 7 nitrogen and oxygen atoms in total. The van der Waals surface area contributed by atoms with Gasteiger partial charge in [-0.25, -0.2) is 17.8 Å². The lowest BCUT2D eigenvalue weighted by molar-refractivity contribution is -0.366. The summed E-state index contributed by atoms with van der Waals surface area (Å²) in [6.07, 6.45) is 4.27. The fourth-order valence-corrected chi connectivity index (χ4v) is 4.57. The molecule has 0 atom stereocenters. The number of carbonyl (C=O) groups is 1. The molecule has 28 heavy (non-hydrogen) atoms. The fourth-order valence-electron chi connectivity index (χ4n) is 3.09. The number of sulfonamides is 1. The van der Waals surface area contributed by atoms with E-state index >= 15 is 0 Å². The Labute approximate surface area is 164 Å². The lowest BCUT2D eigenvalue weighted by Gasteiger charge is -2.25. The molecule has 0 bridgehead atoms. The molecular formula is C19H24FN4O3S+. The van der Waals surface area contributed by atoms with Crippen LogP contribution in [0.4, 0.5) is 15.9 Å². The summed E-state index contributed by atoms with van der Waals surface area (Å²) < 4.78 is 39.8. The number of H-pyrrole nitrogens is 1. The van der Waals surface area contributed by atoms with Crippen molar-refractivity contribution < 1.29 is 22.6 Å². The molecule has 0 aliphatic carbocycles. The van der Waals surface area contributed by atoms with E-state index in [0.29, 0.717) is 24.6 Å². The molecule has 1 amide bonds. The van der Waals surface area contributed by atoms with E-state index in [0.717, 1.165) is 19.3 Å². The predicted octanol–water partition coefficient (Wildman–Crippen LogP) is 1.89. The Kier molecular flexibility index (Phi) is 6.25. The molecule has 1 saturated heterocycles. The van der Waals surface area contributed by atoms with Gasteiger partial charge in [-0.05, 0) is 43.2 Å². The number of pyridine rings is 1. The van der Waals surface area contributed by atoms with Crippen LogP contribution in [0.25, 0.3) is 0 Å². The molecule has 2 N–H and O–H groups in total. The number of likely N-dealkylation sites (N-methyl/N-ethyl adjacent to an activating group) is 1. The minimum atomic E-state index is -3.50. The van der Waals surface area contributed by atoms with Crippen molar-refractivity contribution in [2.24, 2.45) is 0 Å². The number of halogens is 1. The van der Waals surface area contributed by atoms with Crippen LogP contribution in [-0.2, 0) is 14.8 Å². The van der Waals surface area contributed by atoms with Crippen LogP contribution >= 0.6 is 0 Å². The van der Waals surface area contributed by atoms with Crippen LogP contribution in [0.3, 0.4) is 0 Å². The highest BCUT2D eigenvalue weighted by molar-refractivity contribution is 7.89. The molecule has 9 heteroatoms. The van der Waals surface area contributed by atoms with Crippen LogP contribution in [-0.4, -0.2) is 45.3 Å². The first kappa shape index (κ1) is 20.2. The van der Waals surface area contributed by atoms with Gasteiger partial charge in [-0.3, -0.25) is 9.69 Å². The molecule has 0 unspecified atom stereocenters. The van der Waals surface area contributed by atoms with E-state index < -0.39 is 10.0 Å². The van der Waals surface area contributed by atoms with Gasteiger partial charge in [0.1, 0.15) is 16.9 Å².